The number of hydrogen-bond acceptors (Lipinski definition) is 7. The fourth-order valence-corrected chi connectivity index (χ4v) is 6.01. The molecule has 0 amide bonds. The number of carbonyl (C=O) groups is 1. The van der Waals surface area contributed by atoms with E-state index < -0.39 is 27.2 Å². The number of nitrogens with zero attached hydrogens (tertiary/aromatic N) is 3. The van der Waals surface area contributed by atoms with Gasteiger partial charge in [-0.3, -0.25) is 0 Å². The maximum Gasteiger partial charge on any atom is 0.358 e. The maximum atomic E-state index is 13.7. The Morgan fingerprint density at radius 1 is 1.28 bits per heavy atom. The van der Waals surface area contributed by atoms with Gasteiger partial charge in [-0.2, -0.15) is 12.6 Å². The van der Waals surface area contributed by atoms with Crippen molar-refractivity contribution in [2.24, 2.45) is 0 Å². The number of hydrogen-bond donors (Lipinski definition) is 3. The highest BCUT2D eigenvalue weighted by atomic mass is 32.2. The summed E-state index contributed by atoms with van der Waals surface area (Å²) < 4.78 is 28.6. The molecule has 2 N–H and O–H groups in total. The van der Waals surface area contributed by atoms with E-state index in [1.165, 1.54) is 11.6 Å². The minimum Gasteiger partial charge on any atom is -0.476 e. The molecule has 3 unspecified atom stereocenters. The summed E-state index contributed by atoms with van der Waals surface area (Å²) >= 11 is 4.46. The Kier molecular flexibility index (Phi) is 5.09. The molecular weight excluding hydrogens is 412 g/mol. The van der Waals surface area contributed by atoms with Crippen molar-refractivity contribution in [3.8, 4) is 0 Å². The normalized spacial score (nSPS) is 20.8. The van der Waals surface area contributed by atoms with Gasteiger partial charge in [-0.1, -0.05) is 35.5 Å². The number of benzene rings is 2. The van der Waals surface area contributed by atoms with Crippen molar-refractivity contribution in [3.05, 3.63) is 53.9 Å². The number of nitrogens with one attached hydrogen (secondary N) is 1. The van der Waals surface area contributed by atoms with Gasteiger partial charge in [-0.15, -0.1) is 5.10 Å². The van der Waals surface area contributed by atoms with E-state index in [-0.39, 0.29) is 21.5 Å². The quantitative estimate of drug-likeness (QED) is 0.529. The predicted octanol–water partition coefficient (Wildman–Crippen LogP) is 2.07. The second-order valence-corrected chi connectivity index (χ2v) is 9.90. The van der Waals surface area contributed by atoms with E-state index in [1.807, 2.05) is 24.3 Å². The van der Waals surface area contributed by atoms with Crippen LogP contribution in [0.2, 0.25) is 0 Å². The molecule has 10 heteroatoms. The summed E-state index contributed by atoms with van der Waals surface area (Å²) in [6.45, 7) is 2.07. The van der Waals surface area contributed by atoms with Crippen molar-refractivity contribution in [3.63, 3.8) is 0 Å². The average Bonchev–Trinajstić information content (AvgIpc) is 3.28. The summed E-state index contributed by atoms with van der Waals surface area (Å²) in [4.78, 5) is 11.6. The van der Waals surface area contributed by atoms with Crippen LogP contribution in [0.5, 0.6) is 0 Å². The molecule has 3 atom stereocenters. The molecule has 1 saturated heterocycles. The topological polar surface area (TPSA) is 114 Å². The lowest BCUT2D eigenvalue weighted by atomic mass is 10.1. The summed E-state index contributed by atoms with van der Waals surface area (Å²) in [5, 5.41) is 20.7. The van der Waals surface area contributed by atoms with Gasteiger partial charge >= 0.3 is 5.97 Å². The highest BCUT2D eigenvalue weighted by molar-refractivity contribution is 7.91. The summed E-state index contributed by atoms with van der Waals surface area (Å²) in [6, 6.07) is 12.0. The molecule has 1 aromatic heterocycles. The lowest BCUT2D eigenvalue weighted by Gasteiger charge is -2.25. The third-order valence-electron chi connectivity index (χ3n) is 5.22. The van der Waals surface area contributed by atoms with Crippen LogP contribution in [0.15, 0.2) is 47.4 Å². The van der Waals surface area contributed by atoms with E-state index in [2.05, 4.69) is 28.3 Å². The van der Waals surface area contributed by atoms with E-state index >= 15 is 0 Å². The van der Waals surface area contributed by atoms with Crippen LogP contribution in [0.1, 0.15) is 28.0 Å². The molecule has 8 nitrogen and oxygen atoms in total. The molecule has 2 heterocycles. The second-order valence-electron chi connectivity index (χ2n) is 7.12. The van der Waals surface area contributed by atoms with Gasteiger partial charge in [0, 0.05) is 17.8 Å². The number of aromatic carboxylic acids is 1. The van der Waals surface area contributed by atoms with E-state index in [0.29, 0.717) is 13.0 Å². The smallest absolute Gasteiger partial charge is 0.358 e. The van der Waals surface area contributed by atoms with Crippen molar-refractivity contribution < 1.29 is 18.3 Å². The van der Waals surface area contributed by atoms with Crippen molar-refractivity contribution in [1.82, 2.24) is 20.3 Å². The van der Waals surface area contributed by atoms with Crippen LogP contribution in [0.3, 0.4) is 0 Å². The van der Waals surface area contributed by atoms with Crippen molar-refractivity contribution in [2.45, 2.75) is 34.9 Å². The summed E-state index contributed by atoms with van der Waals surface area (Å²) in [6.07, 6.45) is 0.502. The Hall–Kier alpha value is -2.43. The van der Waals surface area contributed by atoms with E-state index in [4.69, 9.17) is 0 Å². The molecule has 0 bridgehead atoms. The highest BCUT2D eigenvalue weighted by Crippen LogP contribution is 2.34. The molecule has 1 fully saturated rings. The van der Waals surface area contributed by atoms with Crippen molar-refractivity contribution >= 4 is 39.2 Å². The first-order valence-corrected chi connectivity index (χ1v) is 11.1. The first-order valence-electron chi connectivity index (χ1n) is 9.08. The van der Waals surface area contributed by atoms with Crippen LogP contribution in [0.4, 0.5) is 0 Å². The molecule has 4 rings (SSSR count). The van der Waals surface area contributed by atoms with Crippen LogP contribution in [0, 0.1) is 6.92 Å². The largest absolute Gasteiger partial charge is 0.476 e. The Morgan fingerprint density at radius 2 is 2.00 bits per heavy atom. The lowest BCUT2D eigenvalue weighted by Crippen LogP contribution is -2.38. The highest BCUT2D eigenvalue weighted by Gasteiger charge is 2.42. The van der Waals surface area contributed by atoms with E-state index in [9.17, 15) is 18.3 Å². The van der Waals surface area contributed by atoms with Crippen LogP contribution in [-0.2, 0) is 9.84 Å². The zero-order valence-corrected chi connectivity index (χ0v) is 17.3. The van der Waals surface area contributed by atoms with Crippen LogP contribution in [0.25, 0.3) is 10.8 Å². The molecule has 2 aromatic carbocycles. The van der Waals surface area contributed by atoms with Crippen LogP contribution >= 0.6 is 12.6 Å². The zero-order valence-electron chi connectivity index (χ0n) is 15.6. The predicted molar refractivity (Wildman–Crippen MR) is 111 cm³/mol. The van der Waals surface area contributed by atoms with Crippen LogP contribution in [-0.4, -0.2) is 52.3 Å². The van der Waals surface area contributed by atoms with E-state index in [1.54, 1.807) is 18.2 Å². The Labute approximate surface area is 173 Å². The Morgan fingerprint density at radius 3 is 2.62 bits per heavy atom. The number of thiol groups is 1. The standard InChI is InChI=1S/C19H20N4O4S2/c1-11-17(19(24)25)21-22-23(11)18(16-9-14(28)10-20-16)29(26,27)15-7-6-12-4-2-3-5-13(12)8-15/h2-8,14,16,18,20,28H,9-10H2,1H3,(H,24,25). The molecule has 1 aliphatic rings. The molecular formula is C19H20N4O4S2. The number of aromatic nitrogens is 3. The average molecular weight is 433 g/mol. The fourth-order valence-electron chi connectivity index (χ4n) is 3.75. The third kappa shape index (κ3) is 3.52. The molecule has 0 spiro atoms. The third-order valence-corrected chi connectivity index (χ3v) is 7.69. The Bertz CT molecular complexity index is 1190. The maximum absolute atomic E-state index is 13.7. The van der Waals surface area contributed by atoms with Gasteiger partial charge in [0.15, 0.2) is 11.1 Å². The first-order chi connectivity index (χ1) is 13.8. The minimum atomic E-state index is -3.92. The second kappa shape index (κ2) is 7.43. The zero-order chi connectivity index (χ0) is 20.8. The van der Waals surface area contributed by atoms with Gasteiger partial charge in [-0.25, -0.2) is 17.9 Å². The van der Waals surface area contributed by atoms with Gasteiger partial charge in [0.1, 0.15) is 0 Å². The lowest BCUT2D eigenvalue weighted by molar-refractivity contribution is 0.0689. The fraction of sp³-hybridized carbons (Fsp3) is 0.316. The molecule has 0 radical (unpaired) electrons. The minimum absolute atomic E-state index is 0.00271. The molecule has 152 valence electrons. The number of carboxylic acids is 1. The summed E-state index contributed by atoms with van der Waals surface area (Å²) in [5.74, 6) is -1.25. The molecule has 0 saturated carbocycles. The van der Waals surface area contributed by atoms with Gasteiger partial charge in [0.05, 0.1) is 10.6 Å². The van der Waals surface area contributed by atoms with Gasteiger partial charge in [0.25, 0.3) is 0 Å². The van der Waals surface area contributed by atoms with Crippen molar-refractivity contribution in [2.75, 3.05) is 6.54 Å². The summed E-state index contributed by atoms with van der Waals surface area (Å²) in [5.41, 5.74) is -0.0691. The summed E-state index contributed by atoms with van der Waals surface area (Å²) in [7, 11) is -3.92. The van der Waals surface area contributed by atoms with E-state index in [0.717, 1.165) is 10.8 Å². The molecule has 0 aliphatic carbocycles. The Balaban J connectivity index is 1.86. The number of sulfone groups is 1. The number of rotatable bonds is 5. The van der Waals surface area contributed by atoms with Gasteiger partial charge < -0.3 is 10.4 Å². The SMILES string of the molecule is Cc1c(C(=O)O)nnn1C(C1CC(S)CN1)S(=O)(=O)c1ccc2ccccc2c1. The van der Waals surface area contributed by atoms with Gasteiger partial charge in [-0.05, 0) is 36.2 Å². The molecule has 3 aromatic rings. The molecule has 29 heavy (non-hydrogen) atoms. The number of fused-ring (bicyclic) bond motifs is 1. The monoisotopic (exact) mass is 432 g/mol. The number of carboxylic acid groups (broad SMARTS) is 1. The van der Waals surface area contributed by atoms with Crippen LogP contribution < -0.4 is 5.32 Å². The van der Waals surface area contributed by atoms with Gasteiger partial charge in [0.2, 0.25) is 9.84 Å². The van der Waals surface area contributed by atoms with Crippen molar-refractivity contribution in [1.29, 1.82) is 0 Å². The first kappa shape index (κ1) is 19.9. The molecule has 1 aliphatic heterocycles.